The van der Waals surface area contributed by atoms with E-state index < -0.39 is 50.2 Å². The second-order valence-electron chi connectivity index (χ2n) is 9.12. The Morgan fingerprint density at radius 1 is 1.03 bits per heavy atom. The number of carbonyl (C=O) groups excluding carboxylic acids is 1. The van der Waals surface area contributed by atoms with Gasteiger partial charge in [-0.15, -0.1) is 0 Å². The molecule has 2 aliphatic heterocycles. The van der Waals surface area contributed by atoms with Gasteiger partial charge in [0.15, 0.2) is 0 Å². The van der Waals surface area contributed by atoms with Crippen molar-refractivity contribution in [2.24, 2.45) is 0 Å². The molecule has 3 aromatic carbocycles. The number of rotatable bonds is 10. The van der Waals surface area contributed by atoms with Gasteiger partial charge in [-0.25, -0.2) is 9.18 Å². The van der Waals surface area contributed by atoms with Crippen molar-refractivity contribution in [3.8, 4) is 0 Å². The van der Waals surface area contributed by atoms with E-state index >= 15 is 0 Å². The summed E-state index contributed by atoms with van der Waals surface area (Å²) in [4.78, 5) is 29.1. The van der Waals surface area contributed by atoms with Crippen LogP contribution >= 0.6 is 0 Å². The number of non-ortho nitro benzene ring substituents is 1. The molecule has 2 aliphatic rings. The van der Waals surface area contributed by atoms with Gasteiger partial charge in [0.1, 0.15) is 23.4 Å². The largest absolute Gasteiger partial charge is 0.441 e. The molecule has 2 fully saturated rings. The van der Waals surface area contributed by atoms with Gasteiger partial charge in [-0.05, 0) is 29.3 Å². The predicted octanol–water partition coefficient (Wildman–Crippen LogP) is 4.00. The zero-order chi connectivity index (χ0) is 27.6. The first-order chi connectivity index (χ1) is 18.7. The van der Waals surface area contributed by atoms with E-state index in [1.165, 1.54) is 17.0 Å². The van der Waals surface area contributed by atoms with Gasteiger partial charge in [0.25, 0.3) is 15.8 Å². The molecule has 5 rings (SSSR count). The van der Waals surface area contributed by atoms with Gasteiger partial charge in [-0.3, -0.25) is 24.0 Å². The van der Waals surface area contributed by atoms with Crippen LogP contribution in [0.4, 0.5) is 20.6 Å². The zero-order valence-corrected chi connectivity index (χ0v) is 21.3. The quantitative estimate of drug-likeness (QED) is 0.206. The minimum Gasteiger partial charge on any atom is -0.441 e. The second-order valence-corrected chi connectivity index (χ2v) is 10.7. The molecule has 1 atom stereocenters. The first-order valence-corrected chi connectivity index (χ1v) is 13.4. The summed E-state index contributed by atoms with van der Waals surface area (Å²) in [5.74, 6) is -0.526. The number of halogens is 1. The van der Waals surface area contributed by atoms with Crippen LogP contribution in [-0.2, 0) is 30.5 Å². The highest BCUT2D eigenvalue weighted by Crippen LogP contribution is 2.32. The third-order valence-corrected chi connectivity index (χ3v) is 7.72. The predicted molar refractivity (Wildman–Crippen MR) is 136 cm³/mol. The Kier molecular flexibility index (Phi) is 7.57. The van der Waals surface area contributed by atoms with Crippen LogP contribution < -0.4 is 4.90 Å². The lowest BCUT2D eigenvalue weighted by molar-refractivity contribution is -0.385. The van der Waals surface area contributed by atoms with Gasteiger partial charge in [-0.1, -0.05) is 42.5 Å². The van der Waals surface area contributed by atoms with Gasteiger partial charge in [0.05, 0.1) is 23.8 Å². The molecule has 2 saturated heterocycles. The van der Waals surface area contributed by atoms with Gasteiger partial charge in [0, 0.05) is 31.1 Å². The fourth-order valence-corrected chi connectivity index (χ4v) is 5.28. The number of amides is 1. The lowest BCUT2D eigenvalue weighted by atomic mass is 9.92. The summed E-state index contributed by atoms with van der Waals surface area (Å²) in [6.07, 6.45) is -1.72. The van der Waals surface area contributed by atoms with Gasteiger partial charge >= 0.3 is 6.09 Å². The Hall–Kier alpha value is -3.91. The van der Waals surface area contributed by atoms with Crippen molar-refractivity contribution in [3.05, 3.63) is 99.9 Å². The number of nitro groups is 1. The second kappa shape index (κ2) is 11.1. The van der Waals surface area contributed by atoms with Crippen molar-refractivity contribution in [2.75, 3.05) is 31.1 Å². The van der Waals surface area contributed by atoms with Crippen molar-refractivity contribution in [1.29, 1.82) is 0 Å². The molecular weight excluding hydrogens is 533 g/mol. The van der Waals surface area contributed by atoms with Crippen LogP contribution in [0.15, 0.2) is 77.7 Å². The monoisotopic (exact) mass is 557 g/mol. The molecule has 1 amide bonds. The Balaban J connectivity index is 1.15. The van der Waals surface area contributed by atoms with E-state index in [0.717, 1.165) is 23.8 Å². The molecule has 0 bridgehead atoms. The fraction of sp³-hybridized carbons (Fsp3) is 0.269. The van der Waals surface area contributed by atoms with Crippen molar-refractivity contribution >= 4 is 27.6 Å². The Morgan fingerprint density at radius 2 is 1.79 bits per heavy atom. The summed E-state index contributed by atoms with van der Waals surface area (Å²) in [6, 6.07) is 18.6. The number of benzene rings is 3. The molecule has 11 nitrogen and oxygen atoms in total. The first kappa shape index (κ1) is 26.7. The number of anilines is 1. The SMILES string of the molecule is O=C1OC(COS(=O)(=O)c2cccc([N+](=O)[O-])c2)CN1c1ccc(C2CN(OCc3ccccc3)C2)c(F)c1. The van der Waals surface area contributed by atoms with Crippen molar-refractivity contribution in [1.82, 2.24) is 5.06 Å². The summed E-state index contributed by atoms with van der Waals surface area (Å²) in [7, 11) is -4.33. The number of nitrogens with zero attached hydrogens (tertiary/aromatic N) is 3. The van der Waals surface area contributed by atoms with Crippen molar-refractivity contribution in [2.45, 2.75) is 23.5 Å². The highest BCUT2D eigenvalue weighted by atomic mass is 32.2. The molecule has 204 valence electrons. The van der Waals surface area contributed by atoms with Gasteiger partial charge in [-0.2, -0.15) is 13.5 Å². The van der Waals surface area contributed by atoms with E-state index in [1.54, 1.807) is 17.2 Å². The number of ether oxygens (including phenoxy) is 1. The molecule has 0 radical (unpaired) electrons. The van der Waals surface area contributed by atoms with Crippen LogP contribution in [0, 0.1) is 15.9 Å². The average molecular weight is 558 g/mol. The Morgan fingerprint density at radius 3 is 2.51 bits per heavy atom. The van der Waals surface area contributed by atoms with Crippen molar-refractivity contribution in [3.63, 3.8) is 0 Å². The number of hydroxylamine groups is 2. The van der Waals surface area contributed by atoms with E-state index in [0.29, 0.717) is 25.3 Å². The lowest BCUT2D eigenvalue weighted by Crippen LogP contribution is -2.44. The van der Waals surface area contributed by atoms with Gasteiger partial charge in [0.2, 0.25) is 0 Å². The number of nitro benzene ring substituents is 1. The normalized spacial score (nSPS) is 18.1. The molecule has 0 aromatic heterocycles. The number of carbonyl (C=O) groups is 1. The van der Waals surface area contributed by atoms with Crippen LogP contribution in [-0.4, -0.2) is 56.8 Å². The van der Waals surface area contributed by atoms with E-state index in [2.05, 4.69) is 0 Å². The summed E-state index contributed by atoms with van der Waals surface area (Å²) in [5.41, 5.74) is 1.41. The highest BCUT2D eigenvalue weighted by Gasteiger charge is 2.36. The third-order valence-electron chi connectivity index (χ3n) is 6.44. The minimum atomic E-state index is -4.33. The van der Waals surface area contributed by atoms with Crippen LogP contribution in [0.5, 0.6) is 0 Å². The Bertz CT molecular complexity index is 1480. The van der Waals surface area contributed by atoms with E-state index in [1.807, 2.05) is 30.3 Å². The number of cyclic esters (lactones) is 1. The topological polar surface area (TPSA) is 129 Å². The highest BCUT2D eigenvalue weighted by molar-refractivity contribution is 7.86. The smallest absolute Gasteiger partial charge is 0.414 e. The molecule has 0 aliphatic carbocycles. The van der Waals surface area contributed by atoms with Gasteiger partial charge < -0.3 is 4.74 Å². The van der Waals surface area contributed by atoms with Crippen LogP contribution in [0.3, 0.4) is 0 Å². The minimum absolute atomic E-state index is 0.0551. The van der Waals surface area contributed by atoms with Crippen LogP contribution in [0.2, 0.25) is 0 Å². The molecule has 1 unspecified atom stereocenters. The molecule has 3 aromatic rings. The summed E-state index contributed by atoms with van der Waals surface area (Å²) < 4.78 is 50.0. The summed E-state index contributed by atoms with van der Waals surface area (Å²) in [6.45, 7) is 0.936. The maximum atomic E-state index is 15.0. The molecule has 13 heteroatoms. The van der Waals surface area contributed by atoms with E-state index in [4.69, 9.17) is 13.8 Å². The zero-order valence-electron chi connectivity index (χ0n) is 20.5. The van der Waals surface area contributed by atoms with Crippen LogP contribution in [0.25, 0.3) is 0 Å². The maximum Gasteiger partial charge on any atom is 0.414 e. The number of hydrogen-bond acceptors (Lipinski definition) is 9. The molecule has 0 spiro atoms. The standard InChI is InChI=1S/C26H24FN3O8S/c27-25-12-20(9-10-24(25)19-13-28(14-19)36-16-18-5-2-1-3-6-18)29-15-22(38-26(29)31)17-37-39(34,35)23-8-4-7-21(11-23)30(32)33/h1-12,19,22H,13-17H2. The molecule has 0 saturated carbocycles. The Labute approximate surface area is 223 Å². The van der Waals surface area contributed by atoms with Crippen molar-refractivity contribution < 1.29 is 36.3 Å². The lowest BCUT2D eigenvalue weighted by Gasteiger charge is -2.38. The van der Waals surface area contributed by atoms with E-state index in [-0.39, 0.29) is 18.2 Å². The molecule has 2 heterocycles. The molecular formula is C26H24FN3O8S. The summed E-state index contributed by atoms with van der Waals surface area (Å²) in [5, 5.41) is 12.7. The maximum absolute atomic E-state index is 15.0. The molecule has 0 N–H and O–H groups in total. The van der Waals surface area contributed by atoms with Crippen LogP contribution in [0.1, 0.15) is 17.0 Å². The molecule has 39 heavy (non-hydrogen) atoms. The average Bonchev–Trinajstić information content (AvgIpc) is 3.28. The van der Waals surface area contributed by atoms with E-state index in [9.17, 15) is 27.7 Å². The number of hydrogen-bond donors (Lipinski definition) is 0. The fourth-order valence-electron chi connectivity index (χ4n) is 4.30. The third kappa shape index (κ3) is 6.06. The summed E-state index contributed by atoms with van der Waals surface area (Å²) >= 11 is 0. The first-order valence-electron chi connectivity index (χ1n) is 12.0.